The van der Waals surface area contributed by atoms with E-state index in [1.807, 2.05) is 4.57 Å². The summed E-state index contributed by atoms with van der Waals surface area (Å²) in [6.45, 7) is 13.4. The molecule has 2 unspecified atom stereocenters. The minimum atomic E-state index is -4.89. The highest BCUT2D eigenvalue weighted by molar-refractivity contribution is 6.32. The molecule has 2 aliphatic carbocycles. The van der Waals surface area contributed by atoms with Crippen LogP contribution in [0.5, 0.6) is 6.01 Å². The molecule has 6 aromatic rings. The molecule has 1 spiro atoms. The number of imide groups is 1. The van der Waals surface area contributed by atoms with Crippen LogP contribution in [0.2, 0.25) is 5.02 Å². The van der Waals surface area contributed by atoms with Crippen molar-refractivity contribution < 1.29 is 31.9 Å². The van der Waals surface area contributed by atoms with E-state index in [1.54, 1.807) is 0 Å². The maximum absolute atomic E-state index is 16.7. The number of alkyl halides is 3. The van der Waals surface area contributed by atoms with Gasteiger partial charge in [0.25, 0.3) is 0 Å². The second kappa shape index (κ2) is 17.8. The van der Waals surface area contributed by atoms with E-state index in [0.717, 1.165) is 105 Å². The van der Waals surface area contributed by atoms with Crippen LogP contribution in [0.3, 0.4) is 0 Å². The van der Waals surface area contributed by atoms with Crippen LogP contribution in [-0.2, 0) is 15.8 Å². The fourth-order valence-electron chi connectivity index (χ4n) is 13.4. The maximum Gasteiger partial charge on any atom is 0.418 e. The second-order valence-electron chi connectivity index (χ2n) is 22.3. The predicted octanol–water partition coefficient (Wildman–Crippen LogP) is 9.82. The van der Waals surface area contributed by atoms with Crippen LogP contribution >= 0.6 is 11.6 Å². The number of anilines is 2. The number of nitrogen functional groups attached to an aromatic ring is 1. The van der Waals surface area contributed by atoms with Crippen molar-refractivity contribution in [2.24, 2.45) is 16.7 Å². The predicted molar refractivity (Wildman–Crippen MR) is 271 cm³/mol. The molecule has 4 aliphatic heterocycles. The number of carbonyl (C=O) groups is 2. The zero-order chi connectivity index (χ0) is 49.8. The highest BCUT2D eigenvalue weighted by Crippen LogP contribution is 2.54. The molecule has 0 radical (unpaired) electrons. The Morgan fingerprint density at radius 2 is 1.71 bits per heavy atom. The molecule has 4 saturated heterocycles. The monoisotopic (exact) mass is 1010 g/mol. The van der Waals surface area contributed by atoms with Crippen LogP contribution in [0.1, 0.15) is 107 Å². The number of hydrogen-bond acceptors (Lipinski definition) is 10. The first kappa shape index (κ1) is 47.4. The number of fused-ring (bicyclic) bond motifs is 1. The van der Waals surface area contributed by atoms with Crippen LogP contribution in [0, 0.1) is 22.6 Å². The van der Waals surface area contributed by atoms with Crippen LogP contribution in [0.25, 0.3) is 50.4 Å². The van der Waals surface area contributed by atoms with Gasteiger partial charge in [-0.05, 0) is 143 Å². The van der Waals surface area contributed by atoms with E-state index in [9.17, 15) is 22.8 Å². The average molecular weight is 1010 g/mol. The second-order valence-corrected chi connectivity index (χ2v) is 22.7. The number of hydrogen-bond donors (Lipinski definition) is 2. The third-order valence-corrected chi connectivity index (χ3v) is 17.7. The lowest BCUT2D eigenvalue weighted by Gasteiger charge is -2.56. The zero-order valence-corrected chi connectivity index (χ0v) is 41.4. The van der Waals surface area contributed by atoms with Gasteiger partial charge in [-0.25, -0.2) is 4.39 Å². The van der Waals surface area contributed by atoms with Crippen LogP contribution in [0.15, 0.2) is 48.7 Å². The lowest BCUT2D eigenvalue weighted by molar-refractivity contribution is -0.137. The van der Waals surface area contributed by atoms with Gasteiger partial charge < -0.3 is 29.7 Å². The lowest BCUT2D eigenvalue weighted by atomic mass is 9.59. The molecule has 3 aromatic heterocycles. The number of likely N-dealkylation sites (tertiary alicyclic amines) is 2. The molecular formula is C55H60ClF4N9O3. The van der Waals surface area contributed by atoms with Gasteiger partial charge in [0.2, 0.25) is 11.8 Å². The summed E-state index contributed by atoms with van der Waals surface area (Å²) in [5.41, 5.74) is 6.09. The number of ether oxygens (including phenoxy) is 1. The number of halogens is 5. The fraction of sp³-hybridized carbons (Fsp3) is 0.509. The molecule has 3 aromatic carbocycles. The van der Waals surface area contributed by atoms with Crippen molar-refractivity contribution in [3.63, 3.8) is 0 Å². The van der Waals surface area contributed by atoms with Gasteiger partial charge in [-0.2, -0.15) is 23.1 Å². The summed E-state index contributed by atoms with van der Waals surface area (Å²) < 4.78 is 68.2. The Morgan fingerprint density at radius 3 is 2.43 bits per heavy atom. The van der Waals surface area contributed by atoms with Gasteiger partial charge in [-0.1, -0.05) is 49.4 Å². The Kier molecular flexibility index (Phi) is 11.7. The molecule has 6 fully saturated rings. The summed E-state index contributed by atoms with van der Waals surface area (Å²) >= 11 is 6.07. The molecule has 72 heavy (non-hydrogen) atoms. The van der Waals surface area contributed by atoms with Crippen molar-refractivity contribution in [3.05, 3.63) is 76.0 Å². The molecule has 3 N–H and O–H groups in total. The molecular weight excluding hydrogens is 946 g/mol. The standard InChI is InChI=1S/C55H60ClF4N9O3/c1-31-5-4-18-68(28-31)50-40-27-62-48(39-23-34(61)24-41(56)46(39)55(58,59)60)47(57)49(40)64-52(65-50)72-30-54(14-15-54)29-66-21-16-53(17-22-66)25-35(26-53)67-19-12-33(13-20-67)37-8-9-42-45-36(6-3-7-38(37)45)32(2)69(42)43-10-11-44(70)63-51(43)71/h3,6-9,23-24,27,31,33,35,43H,2,4-5,10-22,25-26,28-30,61H2,1H3,(H,63,70,71). The summed E-state index contributed by atoms with van der Waals surface area (Å²) in [5.74, 6) is -0.223. The number of nitrogens with two attached hydrogens (primary N) is 1. The van der Waals surface area contributed by atoms with Gasteiger partial charge >= 0.3 is 12.2 Å². The first-order chi connectivity index (χ1) is 34.6. The summed E-state index contributed by atoms with van der Waals surface area (Å²) in [6, 6.07) is 13.1. The number of benzene rings is 3. The van der Waals surface area contributed by atoms with Crippen molar-refractivity contribution in [2.75, 3.05) is 63.1 Å². The normalized spacial score (nSPS) is 23.3. The summed E-state index contributed by atoms with van der Waals surface area (Å²) in [6.07, 6.45) is 8.24. The number of amides is 2. The van der Waals surface area contributed by atoms with Gasteiger partial charge in [0.05, 0.1) is 28.1 Å². The SMILES string of the molecule is C=c1c2cccc3c(C4CCN(C5CC6(CCN(CC7(COc8nc(N9CCCC(C)C9)c9cnc(-c%10cc(N)cc(Cl)c%10C(F)(F)F)c(F)c9n8)CC7)CC6)C5)CC4)ccc(c32)n1C1CCC(=O)NC1=O. The van der Waals surface area contributed by atoms with Crippen LogP contribution < -0.4 is 26.0 Å². The average Bonchev–Trinajstić information content (AvgIpc) is 4.05. The Hall–Kier alpha value is -5.58. The molecule has 2 saturated carbocycles. The number of aromatic nitrogens is 4. The Balaban J connectivity index is 0.681. The van der Waals surface area contributed by atoms with Gasteiger partial charge in [-0.15, -0.1) is 0 Å². The quantitative estimate of drug-likeness (QED) is 0.0776. The highest BCUT2D eigenvalue weighted by atomic mass is 35.5. The number of carbonyl (C=O) groups excluding carboxylic acids is 2. The number of nitrogens with one attached hydrogen (secondary N) is 1. The van der Waals surface area contributed by atoms with Crippen molar-refractivity contribution in [1.29, 1.82) is 0 Å². The maximum atomic E-state index is 16.7. The third kappa shape index (κ3) is 8.42. The smallest absolute Gasteiger partial charge is 0.418 e. The van der Waals surface area contributed by atoms with Gasteiger partial charge in [0.15, 0.2) is 5.82 Å². The number of nitrogens with zero attached hydrogens (tertiary/aromatic N) is 7. The molecule has 6 aliphatic rings. The summed E-state index contributed by atoms with van der Waals surface area (Å²) in [7, 11) is 0. The van der Waals surface area contributed by atoms with Gasteiger partial charge in [0, 0.05) is 71.1 Å². The molecule has 12 nitrogen and oxygen atoms in total. The van der Waals surface area contributed by atoms with Crippen molar-refractivity contribution >= 4 is 74.1 Å². The van der Waals surface area contributed by atoms with Crippen molar-refractivity contribution in [2.45, 2.75) is 108 Å². The summed E-state index contributed by atoms with van der Waals surface area (Å²) in [5, 5.41) is 6.48. The summed E-state index contributed by atoms with van der Waals surface area (Å²) in [4.78, 5) is 45.9. The van der Waals surface area contributed by atoms with E-state index in [4.69, 9.17) is 27.1 Å². The fourth-order valence-corrected chi connectivity index (χ4v) is 13.7. The third-order valence-electron chi connectivity index (χ3n) is 17.5. The molecule has 2 atom stereocenters. The van der Waals surface area contributed by atoms with E-state index in [-0.39, 0.29) is 34.4 Å². The van der Waals surface area contributed by atoms with Crippen LogP contribution in [-0.4, -0.2) is 99.6 Å². The first-order valence-corrected chi connectivity index (χ1v) is 26.2. The van der Waals surface area contributed by atoms with E-state index >= 15 is 4.39 Å². The molecule has 12 rings (SSSR count). The lowest BCUT2D eigenvalue weighted by Crippen LogP contribution is -2.56. The number of pyridine rings is 1. The zero-order valence-electron chi connectivity index (χ0n) is 40.6. The van der Waals surface area contributed by atoms with Crippen molar-refractivity contribution in [3.8, 4) is 17.3 Å². The van der Waals surface area contributed by atoms with Crippen molar-refractivity contribution in [1.82, 2.24) is 34.6 Å². The Bertz CT molecular complexity index is 3190. The molecule has 0 bridgehead atoms. The number of rotatable bonds is 10. The first-order valence-electron chi connectivity index (χ1n) is 25.8. The molecule has 7 heterocycles. The van der Waals surface area contributed by atoms with E-state index < -0.39 is 39.9 Å². The van der Waals surface area contributed by atoms with Gasteiger partial charge in [-0.3, -0.25) is 19.9 Å². The minimum absolute atomic E-state index is 0.00323. The highest BCUT2D eigenvalue weighted by Gasteiger charge is 2.51. The largest absolute Gasteiger partial charge is 0.463 e. The number of piperidine rings is 4. The molecule has 378 valence electrons. The minimum Gasteiger partial charge on any atom is -0.463 e. The Morgan fingerprint density at radius 1 is 0.944 bits per heavy atom. The molecule has 2 amide bonds. The van der Waals surface area contributed by atoms with Gasteiger partial charge in [0.1, 0.15) is 23.1 Å². The topological polar surface area (TPSA) is 135 Å². The Labute approximate surface area is 420 Å². The van der Waals surface area contributed by atoms with E-state index in [2.05, 4.69) is 73.8 Å². The van der Waals surface area contributed by atoms with Crippen LogP contribution in [0.4, 0.5) is 29.1 Å². The van der Waals surface area contributed by atoms with E-state index in [0.29, 0.717) is 67.0 Å². The molecule has 17 heteroatoms. The van der Waals surface area contributed by atoms with E-state index in [1.165, 1.54) is 42.8 Å².